The van der Waals surface area contributed by atoms with Crippen molar-refractivity contribution in [2.24, 2.45) is 5.10 Å². The molecule has 0 aliphatic carbocycles. The molecule has 2 N–H and O–H groups in total. The molecule has 5 heteroatoms. The van der Waals surface area contributed by atoms with Crippen LogP contribution in [0, 0.1) is 13.8 Å². The first-order valence-corrected chi connectivity index (χ1v) is 7.68. The van der Waals surface area contributed by atoms with Crippen molar-refractivity contribution in [2.75, 3.05) is 5.32 Å². The van der Waals surface area contributed by atoms with E-state index >= 15 is 0 Å². The molecular formula is C16H16BrN3S. The molecule has 3 nitrogen and oxygen atoms in total. The number of hydrogen-bond donors (Lipinski definition) is 2. The molecule has 0 unspecified atom stereocenters. The third-order valence-corrected chi connectivity index (χ3v) is 3.96. The molecule has 0 fully saturated rings. The minimum Gasteiger partial charge on any atom is -0.331 e. The molecule has 0 aliphatic rings. The van der Waals surface area contributed by atoms with Gasteiger partial charge in [0.1, 0.15) is 0 Å². The van der Waals surface area contributed by atoms with Crippen molar-refractivity contribution < 1.29 is 0 Å². The lowest BCUT2D eigenvalue weighted by atomic mass is 10.1. The molecule has 0 heterocycles. The molecule has 0 aliphatic heterocycles. The SMILES string of the molecule is Cc1ccc(NC(=S)N/N=C/c2ccccc2Br)cc1C. The molecule has 0 radical (unpaired) electrons. The van der Waals surface area contributed by atoms with Gasteiger partial charge in [-0.2, -0.15) is 5.10 Å². The number of rotatable bonds is 3. The predicted molar refractivity (Wildman–Crippen MR) is 97.0 cm³/mol. The summed E-state index contributed by atoms with van der Waals surface area (Å²) in [6, 6.07) is 14.0. The average molecular weight is 362 g/mol. The van der Waals surface area contributed by atoms with Gasteiger partial charge in [0, 0.05) is 15.7 Å². The highest BCUT2D eigenvalue weighted by Gasteiger charge is 1.99. The smallest absolute Gasteiger partial charge is 0.191 e. The van der Waals surface area contributed by atoms with E-state index in [4.69, 9.17) is 12.2 Å². The first-order valence-electron chi connectivity index (χ1n) is 6.48. The van der Waals surface area contributed by atoms with E-state index in [1.54, 1.807) is 6.21 Å². The Morgan fingerprint density at radius 1 is 1.14 bits per heavy atom. The Morgan fingerprint density at radius 3 is 2.62 bits per heavy atom. The van der Waals surface area contributed by atoms with Crippen LogP contribution >= 0.6 is 28.1 Å². The molecule has 2 aromatic carbocycles. The molecule has 0 saturated heterocycles. The highest BCUT2D eigenvalue weighted by atomic mass is 79.9. The second-order valence-corrected chi connectivity index (χ2v) is 5.91. The summed E-state index contributed by atoms with van der Waals surface area (Å²) in [7, 11) is 0. The highest BCUT2D eigenvalue weighted by Crippen LogP contribution is 2.14. The summed E-state index contributed by atoms with van der Waals surface area (Å²) in [6.07, 6.45) is 1.72. The molecule has 21 heavy (non-hydrogen) atoms. The van der Waals surface area contributed by atoms with Gasteiger partial charge in [-0.05, 0) is 55.4 Å². The number of halogens is 1. The Labute approximate surface area is 138 Å². The maximum atomic E-state index is 5.21. The Balaban J connectivity index is 1.93. The first kappa shape index (κ1) is 15.7. The summed E-state index contributed by atoms with van der Waals surface area (Å²) in [4.78, 5) is 0. The van der Waals surface area contributed by atoms with Crippen LogP contribution in [0.15, 0.2) is 52.0 Å². The van der Waals surface area contributed by atoms with Crippen LogP contribution in [-0.2, 0) is 0 Å². The lowest BCUT2D eigenvalue weighted by Gasteiger charge is -2.09. The van der Waals surface area contributed by atoms with Gasteiger partial charge in [0.2, 0.25) is 0 Å². The first-order chi connectivity index (χ1) is 10.1. The lowest BCUT2D eigenvalue weighted by Crippen LogP contribution is -2.23. The maximum absolute atomic E-state index is 5.21. The molecular weight excluding hydrogens is 346 g/mol. The van der Waals surface area contributed by atoms with Gasteiger partial charge in [0.15, 0.2) is 5.11 Å². The van der Waals surface area contributed by atoms with Crippen LogP contribution in [0.4, 0.5) is 5.69 Å². The Kier molecular flexibility index (Phi) is 5.47. The largest absolute Gasteiger partial charge is 0.331 e. The van der Waals surface area contributed by atoms with Crippen LogP contribution in [0.3, 0.4) is 0 Å². The topological polar surface area (TPSA) is 36.4 Å². The molecule has 0 saturated carbocycles. The standard InChI is InChI=1S/C16H16BrN3S/c1-11-7-8-14(9-12(11)2)19-16(21)20-18-10-13-5-3-4-6-15(13)17/h3-10H,1-2H3,(H2,19,20,21)/b18-10+. The normalized spacial score (nSPS) is 10.6. The quantitative estimate of drug-likeness (QED) is 0.483. The third kappa shape index (κ3) is 4.65. The lowest BCUT2D eigenvalue weighted by molar-refractivity contribution is 1.05. The number of thiocarbonyl (C=S) groups is 1. The van der Waals surface area contributed by atoms with Gasteiger partial charge < -0.3 is 5.32 Å². The number of anilines is 1. The van der Waals surface area contributed by atoms with Crippen LogP contribution in [0.1, 0.15) is 16.7 Å². The summed E-state index contributed by atoms with van der Waals surface area (Å²) >= 11 is 8.68. The molecule has 0 spiro atoms. The van der Waals surface area contributed by atoms with Gasteiger partial charge in [-0.1, -0.05) is 40.2 Å². The molecule has 0 atom stereocenters. The van der Waals surface area contributed by atoms with E-state index in [-0.39, 0.29) is 0 Å². The van der Waals surface area contributed by atoms with Crippen LogP contribution in [-0.4, -0.2) is 11.3 Å². The average Bonchev–Trinajstić information content (AvgIpc) is 2.45. The fourth-order valence-corrected chi connectivity index (χ4v) is 2.28. The number of hydrazone groups is 1. The number of nitrogens with zero attached hydrogens (tertiary/aromatic N) is 1. The molecule has 2 aromatic rings. The van der Waals surface area contributed by atoms with E-state index in [0.717, 1.165) is 15.7 Å². The minimum absolute atomic E-state index is 0.460. The zero-order valence-corrected chi connectivity index (χ0v) is 14.3. The molecule has 0 amide bonds. The van der Waals surface area contributed by atoms with E-state index in [2.05, 4.69) is 57.8 Å². The monoisotopic (exact) mass is 361 g/mol. The van der Waals surface area contributed by atoms with E-state index in [1.807, 2.05) is 30.3 Å². The minimum atomic E-state index is 0.460. The Morgan fingerprint density at radius 2 is 1.90 bits per heavy atom. The Bertz CT molecular complexity index is 683. The molecule has 0 bridgehead atoms. The zero-order chi connectivity index (χ0) is 15.2. The predicted octanol–water partition coefficient (Wildman–Crippen LogP) is 4.39. The van der Waals surface area contributed by atoms with Crippen LogP contribution in [0.2, 0.25) is 0 Å². The van der Waals surface area contributed by atoms with Crippen molar-refractivity contribution in [3.05, 3.63) is 63.6 Å². The van der Waals surface area contributed by atoms with Gasteiger partial charge in [0.25, 0.3) is 0 Å². The summed E-state index contributed by atoms with van der Waals surface area (Å²) in [6.45, 7) is 4.15. The van der Waals surface area contributed by atoms with Gasteiger partial charge in [-0.15, -0.1) is 0 Å². The van der Waals surface area contributed by atoms with Gasteiger partial charge in [-0.25, -0.2) is 0 Å². The summed E-state index contributed by atoms with van der Waals surface area (Å²) in [5.41, 5.74) is 7.22. The second-order valence-electron chi connectivity index (χ2n) is 4.64. The summed E-state index contributed by atoms with van der Waals surface area (Å²) in [5, 5.41) is 7.70. The van der Waals surface area contributed by atoms with E-state index in [9.17, 15) is 0 Å². The summed E-state index contributed by atoms with van der Waals surface area (Å²) in [5.74, 6) is 0. The van der Waals surface area contributed by atoms with Crippen molar-refractivity contribution >= 4 is 45.2 Å². The van der Waals surface area contributed by atoms with Crippen LogP contribution in [0.5, 0.6) is 0 Å². The molecule has 0 aromatic heterocycles. The van der Waals surface area contributed by atoms with E-state index in [1.165, 1.54) is 11.1 Å². The fraction of sp³-hybridized carbons (Fsp3) is 0.125. The third-order valence-electron chi connectivity index (χ3n) is 3.04. The second kappa shape index (κ2) is 7.33. The van der Waals surface area contributed by atoms with Crippen molar-refractivity contribution in [3.8, 4) is 0 Å². The zero-order valence-electron chi connectivity index (χ0n) is 11.9. The number of benzene rings is 2. The van der Waals surface area contributed by atoms with Crippen LogP contribution < -0.4 is 10.7 Å². The molecule has 2 rings (SSSR count). The van der Waals surface area contributed by atoms with Crippen molar-refractivity contribution in [2.45, 2.75) is 13.8 Å². The van der Waals surface area contributed by atoms with E-state index in [0.29, 0.717) is 5.11 Å². The van der Waals surface area contributed by atoms with E-state index < -0.39 is 0 Å². The highest BCUT2D eigenvalue weighted by molar-refractivity contribution is 9.10. The number of nitrogens with one attached hydrogen (secondary N) is 2. The summed E-state index contributed by atoms with van der Waals surface area (Å²) < 4.78 is 0.989. The number of hydrogen-bond acceptors (Lipinski definition) is 2. The van der Waals surface area contributed by atoms with Gasteiger partial charge in [-0.3, -0.25) is 5.43 Å². The Hall–Kier alpha value is -1.72. The van der Waals surface area contributed by atoms with Crippen molar-refractivity contribution in [3.63, 3.8) is 0 Å². The van der Waals surface area contributed by atoms with Crippen molar-refractivity contribution in [1.82, 2.24) is 5.43 Å². The fourth-order valence-electron chi connectivity index (χ4n) is 1.72. The van der Waals surface area contributed by atoms with Crippen molar-refractivity contribution in [1.29, 1.82) is 0 Å². The van der Waals surface area contributed by atoms with Gasteiger partial charge >= 0.3 is 0 Å². The van der Waals surface area contributed by atoms with Crippen LogP contribution in [0.25, 0.3) is 0 Å². The molecule has 108 valence electrons. The number of aryl methyl sites for hydroxylation is 2. The van der Waals surface area contributed by atoms with Gasteiger partial charge in [0.05, 0.1) is 6.21 Å². The maximum Gasteiger partial charge on any atom is 0.191 e.